The van der Waals surface area contributed by atoms with Crippen molar-refractivity contribution in [1.82, 2.24) is 0 Å². The predicted octanol–water partition coefficient (Wildman–Crippen LogP) is 2.43. The molecule has 0 amide bonds. The van der Waals surface area contributed by atoms with Gasteiger partial charge in [0.15, 0.2) is 0 Å². The summed E-state index contributed by atoms with van der Waals surface area (Å²) in [6, 6.07) is 2.32. The van der Waals surface area contributed by atoms with Crippen LogP contribution in [0.1, 0.15) is 15.9 Å². The van der Waals surface area contributed by atoms with Crippen LogP contribution in [0.25, 0.3) is 0 Å². The van der Waals surface area contributed by atoms with Gasteiger partial charge in [0.2, 0.25) is 0 Å². The Morgan fingerprint density at radius 1 is 1.64 bits per heavy atom. The summed E-state index contributed by atoms with van der Waals surface area (Å²) in [4.78, 5) is 10.6. The third-order valence-electron chi connectivity index (χ3n) is 1.68. The van der Waals surface area contributed by atoms with E-state index in [9.17, 15) is 9.18 Å². The lowest BCUT2D eigenvalue weighted by Crippen LogP contribution is -2.01. The molecule has 0 saturated carbocycles. The van der Waals surface area contributed by atoms with Gasteiger partial charge in [-0.1, -0.05) is 15.9 Å². The van der Waals surface area contributed by atoms with Gasteiger partial charge in [-0.05, 0) is 12.1 Å². The van der Waals surface area contributed by atoms with Crippen molar-refractivity contribution in [2.45, 2.75) is 6.61 Å². The second-order valence-corrected chi connectivity index (χ2v) is 3.51. The van der Waals surface area contributed by atoms with E-state index in [1.54, 1.807) is 0 Å². The summed E-state index contributed by atoms with van der Waals surface area (Å²) in [6.07, 6.45) is 0. The topological polar surface area (TPSA) is 46.5 Å². The van der Waals surface area contributed by atoms with E-state index in [1.165, 1.54) is 13.2 Å². The number of ether oxygens (including phenoxy) is 1. The predicted molar refractivity (Wildman–Crippen MR) is 51.8 cm³/mol. The van der Waals surface area contributed by atoms with Crippen LogP contribution in [0.5, 0.6) is 0 Å². The van der Waals surface area contributed by atoms with E-state index in [0.29, 0.717) is 10.0 Å². The van der Waals surface area contributed by atoms with Gasteiger partial charge in [0.05, 0.1) is 12.2 Å². The highest BCUT2D eigenvalue weighted by molar-refractivity contribution is 9.10. The largest absolute Gasteiger partial charge is 0.478 e. The number of rotatable bonds is 3. The normalized spacial score (nSPS) is 10.2. The number of aromatic carboxylic acids is 1. The van der Waals surface area contributed by atoms with Gasteiger partial charge in [-0.25, -0.2) is 9.18 Å². The maximum absolute atomic E-state index is 13.3. The van der Waals surface area contributed by atoms with Crippen molar-refractivity contribution < 1.29 is 19.0 Å². The van der Waals surface area contributed by atoms with Gasteiger partial charge in [0.25, 0.3) is 0 Å². The van der Waals surface area contributed by atoms with Crippen molar-refractivity contribution >= 4 is 21.9 Å². The van der Waals surface area contributed by atoms with Crippen LogP contribution in [-0.4, -0.2) is 18.2 Å². The number of carbonyl (C=O) groups is 1. The summed E-state index contributed by atoms with van der Waals surface area (Å²) in [7, 11) is 1.44. The first-order valence-corrected chi connectivity index (χ1v) is 4.55. The van der Waals surface area contributed by atoms with Crippen molar-refractivity contribution in [2.75, 3.05) is 7.11 Å². The van der Waals surface area contributed by atoms with Crippen molar-refractivity contribution in [3.63, 3.8) is 0 Å². The zero-order chi connectivity index (χ0) is 10.7. The molecule has 0 aromatic heterocycles. The molecule has 5 heteroatoms. The first kappa shape index (κ1) is 11.1. The number of halogens is 2. The summed E-state index contributed by atoms with van der Waals surface area (Å²) in [5.41, 5.74) is 0.228. The first-order valence-electron chi connectivity index (χ1n) is 3.76. The minimum absolute atomic E-state index is 0.0887. The van der Waals surface area contributed by atoms with Crippen LogP contribution in [0.3, 0.4) is 0 Å². The lowest BCUT2D eigenvalue weighted by molar-refractivity contribution is 0.0696. The third kappa shape index (κ3) is 2.30. The van der Waals surface area contributed by atoms with E-state index in [4.69, 9.17) is 9.84 Å². The summed E-state index contributed by atoms with van der Waals surface area (Å²) in [5.74, 6) is -1.74. The van der Waals surface area contributed by atoms with Gasteiger partial charge in [0, 0.05) is 17.1 Å². The Kier molecular flexibility index (Phi) is 3.60. The quantitative estimate of drug-likeness (QED) is 0.910. The van der Waals surface area contributed by atoms with Crippen LogP contribution in [0.15, 0.2) is 16.6 Å². The molecule has 1 rings (SSSR count). The third-order valence-corrected chi connectivity index (χ3v) is 2.38. The molecule has 1 N–H and O–H groups in total. The van der Waals surface area contributed by atoms with Crippen LogP contribution in [0, 0.1) is 5.82 Å². The molecule has 0 spiro atoms. The first-order chi connectivity index (χ1) is 6.56. The fraction of sp³-hybridized carbons (Fsp3) is 0.222. The van der Waals surface area contributed by atoms with Gasteiger partial charge >= 0.3 is 5.97 Å². The Hall–Kier alpha value is -0.940. The fourth-order valence-electron chi connectivity index (χ4n) is 1.01. The highest BCUT2D eigenvalue weighted by Crippen LogP contribution is 2.22. The molecular formula is C9H8BrFO3. The molecule has 0 unspecified atom stereocenters. The molecule has 0 bridgehead atoms. The zero-order valence-electron chi connectivity index (χ0n) is 7.38. The van der Waals surface area contributed by atoms with Crippen molar-refractivity contribution in [3.05, 3.63) is 33.5 Å². The highest BCUT2D eigenvalue weighted by Gasteiger charge is 2.12. The molecule has 0 radical (unpaired) electrons. The minimum atomic E-state index is -1.16. The second-order valence-electron chi connectivity index (χ2n) is 2.66. The van der Waals surface area contributed by atoms with Gasteiger partial charge in [-0.2, -0.15) is 0 Å². The maximum atomic E-state index is 13.3. The monoisotopic (exact) mass is 262 g/mol. The number of hydrogen-bond acceptors (Lipinski definition) is 2. The van der Waals surface area contributed by atoms with E-state index in [-0.39, 0.29) is 12.2 Å². The Labute approximate surface area is 88.6 Å². The smallest absolute Gasteiger partial charge is 0.335 e. The molecule has 1 aromatic rings. The molecule has 0 aliphatic rings. The number of methoxy groups -OCH3 is 1. The lowest BCUT2D eigenvalue weighted by atomic mass is 10.1. The molecule has 0 heterocycles. The number of carboxylic acids is 1. The van der Waals surface area contributed by atoms with E-state index in [0.717, 1.165) is 6.07 Å². The van der Waals surface area contributed by atoms with Crippen molar-refractivity contribution in [2.24, 2.45) is 0 Å². The van der Waals surface area contributed by atoms with Crippen LogP contribution < -0.4 is 0 Å². The van der Waals surface area contributed by atoms with Gasteiger partial charge in [0.1, 0.15) is 5.82 Å². The Bertz CT molecular complexity index is 342. The summed E-state index contributed by atoms with van der Waals surface area (Å²) in [5, 5.41) is 8.64. The van der Waals surface area contributed by atoms with Crippen LogP contribution in [0.2, 0.25) is 0 Å². The molecule has 76 valence electrons. The Morgan fingerprint density at radius 2 is 2.29 bits per heavy atom. The number of benzene rings is 1. The van der Waals surface area contributed by atoms with Crippen LogP contribution in [-0.2, 0) is 11.3 Å². The zero-order valence-corrected chi connectivity index (χ0v) is 8.97. The molecule has 0 aliphatic heterocycles. The van der Waals surface area contributed by atoms with E-state index in [2.05, 4.69) is 15.9 Å². The molecular weight excluding hydrogens is 255 g/mol. The lowest BCUT2D eigenvalue weighted by Gasteiger charge is -2.06. The SMILES string of the molecule is COCc1c(F)cc(C(=O)O)cc1Br. The van der Waals surface area contributed by atoms with E-state index >= 15 is 0 Å². The van der Waals surface area contributed by atoms with Crippen LogP contribution in [0.4, 0.5) is 4.39 Å². The fourth-order valence-corrected chi connectivity index (χ4v) is 1.56. The van der Waals surface area contributed by atoms with Crippen molar-refractivity contribution in [3.8, 4) is 0 Å². The summed E-state index contributed by atoms with van der Waals surface area (Å²) >= 11 is 3.08. The second kappa shape index (κ2) is 4.52. The molecule has 0 saturated heterocycles. The molecule has 0 fully saturated rings. The molecule has 1 aromatic carbocycles. The average Bonchev–Trinajstić information content (AvgIpc) is 2.10. The minimum Gasteiger partial charge on any atom is -0.478 e. The molecule has 0 atom stereocenters. The van der Waals surface area contributed by atoms with E-state index < -0.39 is 11.8 Å². The standard InChI is InChI=1S/C9H8BrFO3/c1-14-4-6-7(10)2-5(9(12)13)3-8(6)11/h2-3H,4H2,1H3,(H,12,13). The van der Waals surface area contributed by atoms with E-state index in [1.807, 2.05) is 0 Å². The van der Waals surface area contributed by atoms with Gasteiger partial charge in [-0.15, -0.1) is 0 Å². The molecule has 14 heavy (non-hydrogen) atoms. The Balaban J connectivity index is 3.18. The van der Waals surface area contributed by atoms with Gasteiger partial charge < -0.3 is 9.84 Å². The summed E-state index contributed by atoms with van der Waals surface area (Å²) in [6.45, 7) is 0.103. The summed E-state index contributed by atoms with van der Waals surface area (Å²) < 4.78 is 18.5. The average molecular weight is 263 g/mol. The van der Waals surface area contributed by atoms with Crippen molar-refractivity contribution in [1.29, 1.82) is 0 Å². The number of carboxylic acid groups (broad SMARTS) is 1. The van der Waals surface area contributed by atoms with Gasteiger partial charge in [-0.3, -0.25) is 0 Å². The number of hydrogen-bond donors (Lipinski definition) is 1. The maximum Gasteiger partial charge on any atom is 0.335 e. The molecule has 0 aliphatic carbocycles. The van der Waals surface area contributed by atoms with Crippen LogP contribution >= 0.6 is 15.9 Å². The Morgan fingerprint density at radius 3 is 2.71 bits per heavy atom. The highest BCUT2D eigenvalue weighted by atomic mass is 79.9. The molecule has 3 nitrogen and oxygen atoms in total.